The molecule has 4 rings (SSSR count). The minimum atomic E-state index is -0.292. The van der Waals surface area contributed by atoms with E-state index in [1.165, 1.54) is 0 Å². The Morgan fingerprint density at radius 1 is 1.31 bits per heavy atom. The smallest absolute Gasteiger partial charge is 0.148 e. The molecule has 0 bridgehead atoms. The van der Waals surface area contributed by atoms with Crippen molar-refractivity contribution in [2.45, 2.75) is 18.9 Å². The zero-order valence-electron chi connectivity index (χ0n) is 15.0. The molecule has 8 nitrogen and oxygen atoms in total. The number of aromatic nitrogens is 4. The van der Waals surface area contributed by atoms with Crippen molar-refractivity contribution < 1.29 is 9.47 Å². The summed E-state index contributed by atoms with van der Waals surface area (Å²) in [5.41, 5.74) is 0.623. The second-order valence-electron chi connectivity index (χ2n) is 7.04. The van der Waals surface area contributed by atoms with E-state index in [9.17, 15) is 0 Å². The number of rotatable bonds is 4. The molecule has 1 N–H and O–H groups in total. The number of nitrogens with one attached hydrogen (secondary N) is 1. The summed E-state index contributed by atoms with van der Waals surface area (Å²) in [6, 6.07) is 3.92. The van der Waals surface area contributed by atoms with Crippen molar-refractivity contribution in [2.24, 2.45) is 5.92 Å². The van der Waals surface area contributed by atoms with Gasteiger partial charge in [-0.1, -0.05) is 0 Å². The fourth-order valence-electron chi connectivity index (χ4n) is 3.58. The van der Waals surface area contributed by atoms with Gasteiger partial charge in [-0.2, -0.15) is 5.10 Å². The van der Waals surface area contributed by atoms with Crippen LogP contribution in [0.5, 0.6) is 0 Å². The molecular weight excluding hydrogens is 332 g/mol. The van der Waals surface area contributed by atoms with Gasteiger partial charge < -0.3 is 19.7 Å². The predicted octanol–water partition coefficient (Wildman–Crippen LogP) is 1.30. The third-order valence-corrected chi connectivity index (χ3v) is 4.88. The number of ether oxygens (including phenoxy) is 2. The van der Waals surface area contributed by atoms with Crippen LogP contribution in [0, 0.1) is 12.8 Å². The maximum absolute atomic E-state index is 6.24. The van der Waals surface area contributed by atoms with E-state index in [4.69, 9.17) is 9.47 Å². The number of nitrogens with zero attached hydrogens (tertiary/aromatic N) is 5. The lowest BCUT2D eigenvalue weighted by atomic mass is 9.94. The standard InChI is InChI=1S/C18H24N6O2/c1-14-2-3-16(23-22-14)21-9-15-8-18(26-11-15)12-24(6-7-25-13-18)17-10-19-4-5-20-17/h2-5,10,15H,6-9,11-13H2,1H3,(H,21,23). The third-order valence-electron chi connectivity index (χ3n) is 4.88. The summed E-state index contributed by atoms with van der Waals surface area (Å²) in [6.45, 7) is 6.31. The van der Waals surface area contributed by atoms with E-state index in [-0.39, 0.29) is 5.60 Å². The molecule has 2 saturated heterocycles. The van der Waals surface area contributed by atoms with Crippen LogP contribution in [0.15, 0.2) is 30.7 Å². The summed E-state index contributed by atoms with van der Waals surface area (Å²) in [4.78, 5) is 10.8. The Morgan fingerprint density at radius 3 is 3.08 bits per heavy atom. The second-order valence-corrected chi connectivity index (χ2v) is 7.04. The van der Waals surface area contributed by atoms with Gasteiger partial charge in [0.05, 0.1) is 38.3 Å². The van der Waals surface area contributed by atoms with Crippen molar-refractivity contribution in [1.82, 2.24) is 20.2 Å². The van der Waals surface area contributed by atoms with Crippen LogP contribution in [-0.4, -0.2) is 65.2 Å². The molecule has 2 aliphatic rings. The predicted molar refractivity (Wildman–Crippen MR) is 97.1 cm³/mol. The molecule has 0 aromatic carbocycles. The summed E-state index contributed by atoms with van der Waals surface area (Å²) in [5.74, 6) is 2.08. The first kappa shape index (κ1) is 17.1. The van der Waals surface area contributed by atoms with Crippen LogP contribution in [0.4, 0.5) is 11.6 Å². The van der Waals surface area contributed by atoms with Gasteiger partial charge in [0.2, 0.25) is 0 Å². The lowest BCUT2D eigenvalue weighted by molar-refractivity contribution is -0.0457. The highest BCUT2D eigenvalue weighted by Crippen LogP contribution is 2.33. The third kappa shape index (κ3) is 3.91. The van der Waals surface area contributed by atoms with Gasteiger partial charge in [0, 0.05) is 31.4 Å². The summed E-state index contributed by atoms with van der Waals surface area (Å²) >= 11 is 0. The van der Waals surface area contributed by atoms with E-state index in [0.29, 0.717) is 25.7 Å². The first-order valence-electron chi connectivity index (χ1n) is 8.99. The van der Waals surface area contributed by atoms with Crippen LogP contribution in [0.25, 0.3) is 0 Å². The van der Waals surface area contributed by atoms with Gasteiger partial charge in [0.1, 0.15) is 17.2 Å². The van der Waals surface area contributed by atoms with Crippen LogP contribution < -0.4 is 10.2 Å². The minimum Gasteiger partial charge on any atom is -0.377 e. The number of aryl methyl sites for hydroxylation is 1. The van der Waals surface area contributed by atoms with Crippen molar-refractivity contribution in [2.75, 3.05) is 49.7 Å². The average Bonchev–Trinajstić information content (AvgIpc) is 2.95. The van der Waals surface area contributed by atoms with Crippen LogP contribution in [0.3, 0.4) is 0 Å². The van der Waals surface area contributed by atoms with Gasteiger partial charge in [-0.15, -0.1) is 5.10 Å². The summed E-state index contributed by atoms with van der Waals surface area (Å²) in [5, 5.41) is 11.6. The zero-order chi connectivity index (χ0) is 17.8. The number of hydrogen-bond donors (Lipinski definition) is 1. The molecule has 4 heterocycles. The Balaban J connectivity index is 1.38. The molecule has 0 aliphatic carbocycles. The number of anilines is 2. The Kier molecular flexibility index (Phi) is 4.94. The lowest BCUT2D eigenvalue weighted by Gasteiger charge is -2.31. The quantitative estimate of drug-likeness (QED) is 0.877. The summed E-state index contributed by atoms with van der Waals surface area (Å²) < 4.78 is 12.1. The van der Waals surface area contributed by atoms with Crippen molar-refractivity contribution in [3.8, 4) is 0 Å². The molecule has 2 aliphatic heterocycles. The monoisotopic (exact) mass is 356 g/mol. The van der Waals surface area contributed by atoms with E-state index in [1.807, 2.05) is 19.1 Å². The molecule has 2 atom stereocenters. The normalized spacial score (nSPS) is 26.0. The molecular formula is C18H24N6O2. The highest BCUT2D eigenvalue weighted by molar-refractivity contribution is 5.36. The molecule has 0 radical (unpaired) electrons. The van der Waals surface area contributed by atoms with E-state index in [2.05, 4.69) is 30.4 Å². The first-order valence-corrected chi connectivity index (χ1v) is 8.99. The topological polar surface area (TPSA) is 85.3 Å². The Hall–Kier alpha value is -2.32. The molecule has 0 amide bonds. The molecule has 138 valence electrons. The fourth-order valence-corrected chi connectivity index (χ4v) is 3.58. The molecule has 2 aromatic rings. The van der Waals surface area contributed by atoms with E-state index in [1.54, 1.807) is 18.6 Å². The van der Waals surface area contributed by atoms with Crippen molar-refractivity contribution in [1.29, 1.82) is 0 Å². The fraction of sp³-hybridized carbons (Fsp3) is 0.556. The Labute approximate surface area is 153 Å². The van der Waals surface area contributed by atoms with E-state index < -0.39 is 0 Å². The molecule has 8 heteroatoms. The first-order chi connectivity index (χ1) is 12.7. The van der Waals surface area contributed by atoms with Gasteiger partial charge in [-0.25, -0.2) is 4.98 Å². The molecule has 2 unspecified atom stereocenters. The van der Waals surface area contributed by atoms with Gasteiger partial charge >= 0.3 is 0 Å². The Bertz CT molecular complexity index is 713. The summed E-state index contributed by atoms with van der Waals surface area (Å²) in [7, 11) is 0. The average molecular weight is 356 g/mol. The highest BCUT2D eigenvalue weighted by atomic mass is 16.5. The van der Waals surface area contributed by atoms with Crippen LogP contribution in [0.2, 0.25) is 0 Å². The molecule has 26 heavy (non-hydrogen) atoms. The van der Waals surface area contributed by atoms with Crippen LogP contribution in [-0.2, 0) is 9.47 Å². The van der Waals surface area contributed by atoms with Gasteiger partial charge in [0.25, 0.3) is 0 Å². The van der Waals surface area contributed by atoms with Crippen LogP contribution in [0.1, 0.15) is 12.1 Å². The Morgan fingerprint density at radius 2 is 2.27 bits per heavy atom. The molecule has 0 saturated carbocycles. The largest absolute Gasteiger partial charge is 0.377 e. The van der Waals surface area contributed by atoms with Crippen molar-refractivity contribution >= 4 is 11.6 Å². The maximum atomic E-state index is 6.24. The van der Waals surface area contributed by atoms with Gasteiger partial charge in [-0.3, -0.25) is 4.98 Å². The lowest BCUT2D eigenvalue weighted by Crippen LogP contribution is -2.44. The van der Waals surface area contributed by atoms with Crippen LogP contribution >= 0.6 is 0 Å². The molecule has 2 fully saturated rings. The summed E-state index contributed by atoms with van der Waals surface area (Å²) in [6.07, 6.45) is 6.15. The molecule has 2 aromatic heterocycles. The van der Waals surface area contributed by atoms with Gasteiger partial charge in [-0.05, 0) is 25.5 Å². The van der Waals surface area contributed by atoms with Crippen molar-refractivity contribution in [3.63, 3.8) is 0 Å². The highest BCUT2D eigenvalue weighted by Gasteiger charge is 2.43. The molecule has 1 spiro atoms. The van der Waals surface area contributed by atoms with E-state index >= 15 is 0 Å². The zero-order valence-corrected chi connectivity index (χ0v) is 15.0. The van der Waals surface area contributed by atoms with Gasteiger partial charge in [0.15, 0.2) is 0 Å². The van der Waals surface area contributed by atoms with E-state index in [0.717, 1.165) is 43.4 Å². The minimum absolute atomic E-state index is 0.292. The second kappa shape index (κ2) is 7.51. The van der Waals surface area contributed by atoms with Crippen molar-refractivity contribution in [3.05, 3.63) is 36.4 Å². The number of hydrogen-bond acceptors (Lipinski definition) is 8. The SMILES string of the molecule is Cc1ccc(NCC2COC3(COCCN(c4cnccn4)C3)C2)nn1. The maximum Gasteiger partial charge on any atom is 0.148 e.